The Kier molecular flexibility index (Phi) is 4.37. The Balaban J connectivity index is 2.51. The second-order valence-electron chi connectivity index (χ2n) is 4.45. The van der Waals surface area contributed by atoms with Crippen molar-refractivity contribution in [1.29, 1.82) is 0 Å². The smallest absolute Gasteiger partial charge is 0.343 e. The van der Waals surface area contributed by atoms with Crippen molar-refractivity contribution in [2.24, 2.45) is 7.05 Å². The summed E-state index contributed by atoms with van der Waals surface area (Å²) in [6, 6.07) is 9.05. The predicted molar refractivity (Wildman–Crippen MR) is 78.4 cm³/mol. The number of para-hydroxylation sites is 1. The molecular weight excluding hydrogens is 270 g/mol. The monoisotopic (exact) mass is 287 g/mol. The molecule has 0 fully saturated rings. The molecule has 0 bridgehead atoms. The lowest BCUT2D eigenvalue weighted by molar-refractivity contribution is -0.115. The maximum atomic E-state index is 12.0. The fourth-order valence-corrected chi connectivity index (χ4v) is 2.03. The van der Waals surface area contributed by atoms with Crippen molar-refractivity contribution in [2.75, 3.05) is 11.5 Å². The molecule has 1 aromatic heterocycles. The van der Waals surface area contributed by atoms with Gasteiger partial charge in [0.05, 0.1) is 12.3 Å². The van der Waals surface area contributed by atoms with Crippen LogP contribution in [0.3, 0.4) is 0 Å². The van der Waals surface area contributed by atoms with E-state index in [2.05, 4.69) is 5.10 Å². The number of amides is 1. The maximum Gasteiger partial charge on any atom is 0.343 e. The van der Waals surface area contributed by atoms with E-state index in [0.717, 1.165) is 0 Å². The SMILES string of the molecule is CCOC(=O)c1cn(C)nc1N(C(C)=O)c1ccccc1. The first-order chi connectivity index (χ1) is 10.0. The van der Waals surface area contributed by atoms with Crippen LogP contribution in [0.25, 0.3) is 0 Å². The molecule has 0 aliphatic heterocycles. The highest BCUT2D eigenvalue weighted by Crippen LogP contribution is 2.27. The summed E-state index contributed by atoms with van der Waals surface area (Å²) >= 11 is 0. The topological polar surface area (TPSA) is 64.4 Å². The predicted octanol–water partition coefficient (Wildman–Crippen LogP) is 2.28. The molecule has 1 heterocycles. The first-order valence-electron chi connectivity index (χ1n) is 6.61. The average molecular weight is 287 g/mol. The molecule has 0 N–H and O–H groups in total. The molecule has 0 spiro atoms. The lowest BCUT2D eigenvalue weighted by atomic mass is 10.2. The number of hydrogen-bond donors (Lipinski definition) is 0. The maximum absolute atomic E-state index is 12.0. The van der Waals surface area contributed by atoms with Gasteiger partial charge in [-0.2, -0.15) is 5.10 Å². The number of benzene rings is 1. The molecule has 2 aromatic rings. The molecule has 6 heteroatoms. The van der Waals surface area contributed by atoms with Crippen LogP contribution in [0.5, 0.6) is 0 Å². The van der Waals surface area contributed by atoms with Crippen LogP contribution >= 0.6 is 0 Å². The van der Waals surface area contributed by atoms with Crippen LogP contribution < -0.4 is 4.90 Å². The number of anilines is 2. The van der Waals surface area contributed by atoms with E-state index in [9.17, 15) is 9.59 Å². The van der Waals surface area contributed by atoms with Gasteiger partial charge in [0.2, 0.25) is 5.91 Å². The summed E-state index contributed by atoms with van der Waals surface area (Å²) in [5.74, 6) is -0.456. The molecule has 110 valence electrons. The minimum absolute atomic E-state index is 0.231. The van der Waals surface area contributed by atoms with Crippen LogP contribution in [0.4, 0.5) is 11.5 Å². The summed E-state index contributed by atoms with van der Waals surface area (Å²) in [7, 11) is 1.69. The lowest BCUT2D eigenvalue weighted by Gasteiger charge is -2.19. The van der Waals surface area contributed by atoms with E-state index in [4.69, 9.17) is 4.74 Å². The highest BCUT2D eigenvalue weighted by molar-refractivity contribution is 6.04. The highest BCUT2D eigenvalue weighted by atomic mass is 16.5. The Morgan fingerprint density at radius 2 is 1.95 bits per heavy atom. The summed E-state index contributed by atoms with van der Waals surface area (Å²) in [5.41, 5.74) is 0.910. The van der Waals surface area contributed by atoms with Crippen molar-refractivity contribution in [3.8, 4) is 0 Å². The van der Waals surface area contributed by atoms with E-state index in [-0.39, 0.29) is 23.9 Å². The largest absolute Gasteiger partial charge is 0.462 e. The zero-order valence-electron chi connectivity index (χ0n) is 12.2. The number of aryl methyl sites for hydroxylation is 1. The number of carbonyl (C=O) groups is 2. The number of nitrogens with zero attached hydrogens (tertiary/aromatic N) is 3. The molecule has 0 atom stereocenters. The fourth-order valence-electron chi connectivity index (χ4n) is 2.03. The molecule has 0 aliphatic carbocycles. The van der Waals surface area contributed by atoms with Gasteiger partial charge in [-0.05, 0) is 19.1 Å². The zero-order chi connectivity index (χ0) is 15.4. The molecule has 0 radical (unpaired) electrons. The van der Waals surface area contributed by atoms with Gasteiger partial charge >= 0.3 is 5.97 Å². The Morgan fingerprint density at radius 1 is 1.29 bits per heavy atom. The van der Waals surface area contributed by atoms with Crippen molar-refractivity contribution in [2.45, 2.75) is 13.8 Å². The molecule has 1 aromatic carbocycles. The second-order valence-corrected chi connectivity index (χ2v) is 4.45. The molecule has 2 rings (SSSR count). The number of carbonyl (C=O) groups excluding carboxylic acids is 2. The van der Waals surface area contributed by atoms with Crippen LogP contribution in [-0.4, -0.2) is 28.3 Å². The van der Waals surface area contributed by atoms with Crippen LogP contribution in [0, 0.1) is 0 Å². The van der Waals surface area contributed by atoms with E-state index < -0.39 is 5.97 Å². The summed E-state index contributed by atoms with van der Waals surface area (Å²) in [5, 5.41) is 4.23. The first-order valence-corrected chi connectivity index (χ1v) is 6.61. The summed E-state index contributed by atoms with van der Waals surface area (Å²) in [6.07, 6.45) is 1.55. The first kappa shape index (κ1) is 14.8. The van der Waals surface area contributed by atoms with Crippen molar-refractivity contribution in [3.05, 3.63) is 42.1 Å². The Morgan fingerprint density at radius 3 is 2.52 bits per heavy atom. The number of aromatic nitrogens is 2. The van der Waals surface area contributed by atoms with Gasteiger partial charge in [0, 0.05) is 20.2 Å². The molecule has 6 nitrogen and oxygen atoms in total. The van der Waals surface area contributed by atoms with Gasteiger partial charge in [0.25, 0.3) is 0 Å². The van der Waals surface area contributed by atoms with Crippen LogP contribution in [0.1, 0.15) is 24.2 Å². The van der Waals surface area contributed by atoms with Crippen molar-refractivity contribution >= 4 is 23.4 Å². The van der Waals surface area contributed by atoms with E-state index in [1.54, 1.807) is 32.3 Å². The van der Waals surface area contributed by atoms with Crippen molar-refractivity contribution in [1.82, 2.24) is 9.78 Å². The van der Waals surface area contributed by atoms with Gasteiger partial charge in [0.1, 0.15) is 5.56 Å². The Hall–Kier alpha value is -2.63. The molecule has 1 amide bonds. The van der Waals surface area contributed by atoms with Gasteiger partial charge in [-0.25, -0.2) is 4.79 Å². The number of hydrogen-bond acceptors (Lipinski definition) is 4. The standard InChI is InChI=1S/C15H17N3O3/c1-4-21-15(20)13-10-17(3)16-14(13)18(11(2)19)12-8-6-5-7-9-12/h5-10H,4H2,1-3H3. The highest BCUT2D eigenvalue weighted by Gasteiger charge is 2.25. The van der Waals surface area contributed by atoms with Crippen LogP contribution in [0.15, 0.2) is 36.5 Å². The molecule has 0 aliphatic rings. The van der Waals surface area contributed by atoms with E-state index in [1.807, 2.05) is 18.2 Å². The fraction of sp³-hybridized carbons (Fsp3) is 0.267. The third kappa shape index (κ3) is 3.10. The summed E-state index contributed by atoms with van der Waals surface area (Å²) in [4.78, 5) is 25.4. The minimum Gasteiger partial charge on any atom is -0.462 e. The van der Waals surface area contributed by atoms with E-state index in [1.165, 1.54) is 16.5 Å². The van der Waals surface area contributed by atoms with Crippen molar-refractivity contribution < 1.29 is 14.3 Å². The van der Waals surface area contributed by atoms with Crippen LogP contribution in [0.2, 0.25) is 0 Å². The van der Waals surface area contributed by atoms with Gasteiger partial charge in [-0.1, -0.05) is 18.2 Å². The third-order valence-corrected chi connectivity index (χ3v) is 2.85. The third-order valence-electron chi connectivity index (χ3n) is 2.85. The van der Waals surface area contributed by atoms with Crippen LogP contribution in [-0.2, 0) is 16.6 Å². The van der Waals surface area contributed by atoms with E-state index in [0.29, 0.717) is 5.69 Å². The van der Waals surface area contributed by atoms with Gasteiger partial charge < -0.3 is 4.74 Å². The number of ether oxygens (including phenoxy) is 1. The zero-order valence-corrected chi connectivity index (χ0v) is 12.2. The summed E-state index contributed by atoms with van der Waals surface area (Å²) < 4.78 is 6.50. The average Bonchev–Trinajstić information content (AvgIpc) is 2.82. The Bertz CT molecular complexity index is 649. The molecule has 0 saturated heterocycles. The van der Waals surface area contributed by atoms with Gasteiger partial charge in [-0.15, -0.1) is 0 Å². The van der Waals surface area contributed by atoms with Gasteiger partial charge in [-0.3, -0.25) is 14.4 Å². The Labute approximate surface area is 122 Å². The second kappa shape index (κ2) is 6.21. The molecule has 21 heavy (non-hydrogen) atoms. The molecule has 0 saturated carbocycles. The number of rotatable bonds is 4. The lowest BCUT2D eigenvalue weighted by Crippen LogP contribution is -2.25. The van der Waals surface area contributed by atoms with Gasteiger partial charge in [0.15, 0.2) is 5.82 Å². The normalized spacial score (nSPS) is 10.2. The molecular formula is C15H17N3O3. The van der Waals surface area contributed by atoms with E-state index >= 15 is 0 Å². The van der Waals surface area contributed by atoms with Crippen molar-refractivity contribution in [3.63, 3.8) is 0 Å². The quantitative estimate of drug-likeness (QED) is 0.809. The minimum atomic E-state index is -0.497. The molecule has 0 unspecified atom stereocenters. The number of esters is 1. The summed E-state index contributed by atoms with van der Waals surface area (Å²) in [6.45, 7) is 3.42.